The molecule has 2 aliphatic heterocycles. The Morgan fingerprint density at radius 3 is 2.60 bits per heavy atom. The molecule has 3 rings (SSSR count). The van der Waals surface area contributed by atoms with Crippen molar-refractivity contribution in [2.45, 2.75) is 83.3 Å². The highest BCUT2D eigenvalue weighted by atomic mass is 16.2. The van der Waals surface area contributed by atoms with Gasteiger partial charge in [-0.3, -0.25) is 14.4 Å². The SMILES string of the molecule is CC(C)C[C@H]1NC(=O)[C@@H]2C[C@@H](NC(=O)C3CCCCC3)CCN2C1=O. The van der Waals surface area contributed by atoms with Crippen molar-refractivity contribution in [3.05, 3.63) is 0 Å². The first kappa shape index (κ1) is 18.2. The topological polar surface area (TPSA) is 78.5 Å². The summed E-state index contributed by atoms with van der Waals surface area (Å²) in [5, 5.41) is 6.03. The van der Waals surface area contributed by atoms with Crippen LogP contribution in [0.4, 0.5) is 0 Å². The highest BCUT2D eigenvalue weighted by Crippen LogP contribution is 2.27. The molecule has 6 heteroatoms. The summed E-state index contributed by atoms with van der Waals surface area (Å²) in [7, 11) is 0. The maximum Gasteiger partial charge on any atom is 0.245 e. The van der Waals surface area contributed by atoms with Gasteiger partial charge in [-0.15, -0.1) is 0 Å². The smallest absolute Gasteiger partial charge is 0.245 e. The number of carbonyl (C=O) groups excluding carboxylic acids is 3. The Morgan fingerprint density at radius 2 is 1.92 bits per heavy atom. The number of nitrogens with one attached hydrogen (secondary N) is 2. The van der Waals surface area contributed by atoms with Crippen molar-refractivity contribution >= 4 is 17.7 Å². The second kappa shape index (κ2) is 7.75. The number of carbonyl (C=O) groups is 3. The monoisotopic (exact) mass is 349 g/mol. The van der Waals surface area contributed by atoms with E-state index in [0.717, 1.165) is 32.1 Å². The lowest BCUT2D eigenvalue weighted by Crippen LogP contribution is -2.67. The van der Waals surface area contributed by atoms with Crippen LogP contribution in [0.1, 0.15) is 65.2 Å². The lowest BCUT2D eigenvalue weighted by Gasteiger charge is -2.44. The molecule has 0 spiro atoms. The van der Waals surface area contributed by atoms with Gasteiger partial charge >= 0.3 is 0 Å². The van der Waals surface area contributed by atoms with Crippen molar-refractivity contribution in [3.8, 4) is 0 Å². The van der Waals surface area contributed by atoms with E-state index in [4.69, 9.17) is 0 Å². The predicted octanol–water partition coefficient (Wildman–Crippen LogP) is 1.59. The first-order valence-electron chi connectivity index (χ1n) is 9.87. The molecule has 0 aromatic heterocycles. The maximum atomic E-state index is 12.6. The van der Waals surface area contributed by atoms with Crippen LogP contribution in [-0.4, -0.2) is 47.3 Å². The molecule has 0 bridgehead atoms. The number of rotatable bonds is 4. The Labute approximate surface area is 150 Å². The highest BCUT2D eigenvalue weighted by molar-refractivity contribution is 5.97. The van der Waals surface area contributed by atoms with Gasteiger partial charge < -0.3 is 15.5 Å². The second-order valence-corrected chi connectivity index (χ2v) is 8.30. The third-order valence-corrected chi connectivity index (χ3v) is 5.83. The van der Waals surface area contributed by atoms with Crippen molar-refractivity contribution < 1.29 is 14.4 Å². The zero-order chi connectivity index (χ0) is 18.0. The Balaban J connectivity index is 1.57. The Morgan fingerprint density at radius 1 is 1.20 bits per heavy atom. The Hall–Kier alpha value is -1.59. The lowest BCUT2D eigenvalue weighted by molar-refractivity contribution is -0.152. The Kier molecular flexibility index (Phi) is 5.64. The molecule has 0 aromatic carbocycles. The summed E-state index contributed by atoms with van der Waals surface area (Å²) in [5.74, 6) is 0.595. The quantitative estimate of drug-likeness (QED) is 0.809. The fraction of sp³-hybridized carbons (Fsp3) is 0.842. The van der Waals surface area contributed by atoms with E-state index in [1.54, 1.807) is 4.90 Å². The molecule has 1 aliphatic carbocycles. The highest BCUT2D eigenvalue weighted by Gasteiger charge is 2.44. The van der Waals surface area contributed by atoms with Crippen molar-refractivity contribution in [2.75, 3.05) is 6.54 Å². The first-order valence-corrected chi connectivity index (χ1v) is 9.87. The Bertz CT molecular complexity index is 528. The molecule has 0 aromatic rings. The minimum absolute atomic E-state index is 0.00382. The van der Waals surface area contributed by atoms with Crippen molar-refractivity contribution in [3.63, 3.8) is 0 Å². The summed E-state index contributed by atoms with van der Waals surface area (Å²) < 4.78 is 0. The van der Waals surface area contributed by atoms with Crippen LogP contribution in [-0.2, 0) is 14.4 Å². The normalized spacial score (nSPS) is 30.8. The number of fused-ring (bicyclic) bond motifs is 1. The number of piperidine rings is 1. The minimum Gasteiger partial charge on any atom is -0.353 e. The van der Waals surface area contributed by atoms with E-state index in [1.165, 1.54) is 6.42 Å². The third-order valence-electron chi connectivity index (χ3n) is 5.83. The molecular weight excluding hydrogens is 318 g/mol. The number of hydrogen-bond acceptors (Lipinski definition) is 3. The zero-order valence-corrected chi connectivity index (χ0v) is 15.4. The van der Waals surface area contributed by atoms with Crippen LogP contribution in [0.25, 0.3) is 0 Å². The van der Waals surface area contributed by atoms with E-state index in [1.807, 2.05) is 0 Å². The van der Waals surface area contributed by atoms with Gasteiger partial charge in [0.25, 0.3) is 0 Å². The van der Waals surface area contributed by atoms with E-state index in [0.29, 0.717) is 25.3 Å². The molecule has 2 N–H and O–H groups in total. The van der Waals surface area contributed by atoms with Gasteiger partial charge in [-0.1, -0.05) is 33.1 Å². The molecule has 1 saturated carbocycles. The number of piperazine rings is 1. The van der Waals surface area contributed by atoms with Crippen LogP contribution in [0, 0.1) is 11.8 Å². The van der Waals surface area contributed by atoms with Crippen LogP contribution in [0.2, 0.25) is 0 Å². The van der Waals surface area contributed by atoms with E-state index in [2.05, 4.69) is 24.5 Å². The van der Waals surface area contributed by atoms with Gasteiger partial charge in [0.15, 0.2) is 0 Å². The molecular formula is C19H31N3O3. The summed E-state index contributed by atoms with van der Waals surface area (Å²) in [6.07, 6.45) is 7.39. The minimum atomic E-state index is -0.429. The van der Waals surface area contributed by atoms with Crippen LogP contribution in [0.5, 0.6) is 0 Å². The molecule has 6 nitrogen and oxygen atoms in total. The van der Waals surface area contributed by atoms with Crippen LogP contribution in [0.3, 0.4) is 0 Å². The van der Waals surface area contributed by atoms with Crippen molar-refractivity contribution in [1.82, 2.24) is 15.5 Å². The molecule has 140 valence electrons. The van der Waals surface area contributed by atoms with Gasteiger partial charge in [0, 0.05) is 18.5 Å². The van der Waals surface area contributed by atoms with Gasteiger partial charge in [0.2, 0.25) is 17.7 Å². The van der Waals surface area contributed by atoms with E-state index >= 15 is 0 Å². The number of nitrogens with zero attached hydrogens (tertiary/aromatic N) is 1. The van der Waals surface area contributed by atoms with Crippen molar-refractivity contribution in [1.29, 1.82) is 0 Å². The maximum absolute atomic E-state index is 12.6. The summed E-state index contributed by atoms with van der Waals surface area (Å²) in [6, 6.07) is -0.825. The summed E-state index contributed by atoms with van der Waals surface area (Å²) in [4.78, 5) is 39.3. The van der Waals surface area contributed by atoms with E-state index in [9.17, 15) is 14.4 Å². The lowest BCUT2D eigenvalue weighted by atomic mass is 9.87. The van der Waals surface area contributed by atoms with Gasteiger partial charge in [0.1, 0.15) is 12.1 Å². The van der Waals surface area contributed by atoms with Crippen LogP contribution in [0.15, 0.2) is 0 Å². The summed E-state index contributed by atoms with van der Waals surface area (Å²) in [5.41, 5.74) is 0. The van der Waals surface area contributed by atoms with Gasteiger partial charge in [-0.2, -0.15) is 0 Å². The molecule has 3 fully saturated rings. The summed E-state index contributed by atoms with van der Waals surface area (Å²) >= 11 is 0. The van der Waals surface area contributed by atoms with Crippen molar-refractivity contribution in [2.24, 2.45) is 11.8 Å². The fourth-order valence-corrected chi connectivity index (χ4v) is 4.45. The largest absolute Gasteiger partial charge is 0.353 e. The second-order valence-electron chi connectivity index (χ2n) is 8.30. The van der Waals surface area contributed by atoms with E-state index < -0.39 is 12.1 Å². The molecule has 0 unspecified atom stereocenters. The molecule has 25 heavy (non-hydrogen) atoms. The average Bonchev–Trinajstić information content (AvgIpc) is 2.60. The third kappa shape index (κ3) is 4.15. The molecule has 2 heterocycles. The molecule has 3 amide bonds. The fourth-order valence-electron chi connectivity index (χ4n) is 4.45. The average molecular weight is 349 g/mol. The molecule has 0 radical (unpaired) electrons. The number of hydrogen-bond donors (Lipinski definition) is 2. The van der Waals surface area contributed by atoms with Gasteiger partial charge in [0.05, 0.1) is 0 Å². The molecule has 2 saturated heterocycles. The van der Waals surface area contributed by atoms with E-state index in [-0.39, 0.29) is 29.7 Å². The predicted molar refractivity (Wildman–Crippen MR) is 94.6 cm³/mol. The standard InChI is InChI=1S/C19H31N3O3/c1-12(2)10-15-19(25)22-9-8-14(11-16(22)18(24)21-15)20-17(23)13-6-4-3-5-7-13/h12-16H,3-11H2,1-2H3,(H,20,23)(H,21,24)/t14-,15+,16-/m0/s1. The number of amides is 3. The summed E-state index contributed by atoms with van der Waals surface area (Å²) in [6.45, 7) is 4.66. The molecule has 3 aliphatic rings. The molecule has 3 atom stereocenters. The first-order chi connectivity index (χ1) is 12.0. The zero-order valence-electron chi connectivity index (χ0n) is 15.4. The van der Waals surface area contributed by atoms with Crippen LogP contribution >= 0.6 is 0 Å². The van der Waals surface area contributed by atoms with Gasteiger partial charge in [-0.05, 0) is 38.0 Å². The van der Waals surface area contributed by atoms with Gasteiger partial charge in [-0.25, -0.2) is 0 Å². The van der Waals surface area contributed by atoms with Crippen LogP contribution < -0.4 is 10.6 Å².